The number of hydrogen-bond acceptors (Lipinski definition) is 3. The van der Waals surface area contributed by atoms with Crippen molar-refractivity contribution in [2.75, 3.05) is 6.54 Å². The van der Waals surface area contributed by atoms with Crippen molar-refractivity contribution >= 4 is 17.2 Å². The molecule has 1 amide bonds. The van der Waals surface area contributed by atoms with Crippen molar-refractivity contribution in [1.29, 1.82) is 0 Å². The van der Waals surface area contributed by atoms with Crippen LogP contribution < -0.4 is 5.32 Å². The van der Waals surface area contributed by atoms with E-state index in [0.29, 0.717) is 13.0 Å². The van der Waals surface area contributed by atoms with Gasteiger partial charge in [0.1, 0.15) is 0 Å². The molecule has 0 spiro atoms. The highest BCUT2D eigenvalue weighted by Crippen LogP contribution is 2.19. The number of hydrogen-bond donors (Lipinski definition) is 1. The lowest BCUT2D eigenvalue weighted by atomic mass is 10.1. The van der Waals surface area contributed by atoms with Gasteiger partial charge in [-0.2, -0.15) is 16.4 Å². The Morgan fingerprint density at radius 2 is 2.09 bits per heavy atom. The third-order valence-electron chi connectivity index (χ3n) is 3.75. The van der Waals surface area contributed by atoms with E-state index in [1.807, 2.05) is 52.7 Å². The number of carbonyl (C=O) groups is 1. The lowest BCUT2D eigenvalue weighted by molar-refractivity contribution is -0.121. The summed E-state index contributed by atoms with van der Waals surface area (Å²) in [6, 6.07) is 14.1. The van der Waals surface area contributed by atoms with Crippen LogP contribution >= 0.6 is 11.3 Å². The Bertz CT molecular complexity index is 674. The molecule has 118 valence electrons. The monoisotopic (exact) mass is 325 g/mol. The van der Waals surface area contributed by atoms with Gasteiger partial charge in [0.05, 0.1) is 6.04 Å². The van der Waals surface area contributed by atoms with E-state index in [0.717, 1.165) is 6.42 Å². The number of aryl methyl sites for hydroxylation is 1. The first-order valence-corrected chi connectivity index (χ1v) is 8.59. The summed E-state index contributed by atoms with van der Waals surface area (Å²) in [5.41, 5.74) is 2.35. The van der Waals surface area contributed by atoms with Gasteiger partial charge in [-0.25, -0.2) is 0 Å². The molecule has 0 aliphatic rings. The van der Waals surface area contributed by atoms with Crippen LogP contribution in [0.25, 0.3) is 0 Å². The van der Waals surface area contributed by atoms with Crippen LogP contribution in [0.5, 0.6) is 0 Å². The van der Waals surface area contributed by atoms with Crippen molar-refractivity contribution in [3.05, 3.63) is 76.7 Å². The van der Waals surface area contributed by atoms with Crippen molar-refractivity contribution < 1.29 is 4.79 Å². The molecule has 3 aromatic rings. The van der Waals surface area contributed by atoms with Crippen LogP contribution in [-0.4, -0.2) is 22.2 Å². The molecule has 2 aromatic heterocycles. The minimum absolute atomic E-state index is 0.0388. The van der Waals surface area contributed by atoms with Crippen LogP contribution in [0.2, 0.25) is 0 Å². The first-order valence-electron chi connectivity index (χ1n) is 7.65. The number of nitrogens with one attached hydrogen (secondary N) is 1. The third-order valence-corrected chi connectivity index (χ3v) is 4.45. The molecule has 0 radical (unpaired) electrons. The Balaban J connectivity index is 1.55. The van der Waals surface area contributed by atoms with Crippen LogP contribution in [0, 0.1) is 0 Å². The van der Waals surface area contributed by atoms with Crippen LogP contribution in [0.1, 0.15) is 23.6 Å². The molecule has 4 nitrogen and oxygen atoms in total. The average molecular weight is 325 g/mol. The molecule has 5 heteroatoms. The van der Waals surface area contributed by atoms with Gasteiger partial charge in [-0.1, -0.05) is 30.3 Å². The molecule has 2 heterocycles. The molecule has 0 saturated carbocycles. The zero-order valence-corrected chi connectivity index (χ0v) is 13.6. The average Bonchev–Trinajstić information content (AvgIpc) is 3.28. The predicted molar refractivity (Wildman–Crippen MR) is 92.5 cm³/mol. The lowest BCUT2D eigenvalue weighted by Gasteiger charge is -2.17. The highest BCUT2D eigenvalue weighted by Gasteiger charge is 2.15. The highest BCUT2D eigenvalue weighted by molar-refractivity contribution is 7.07. The first kappa shape index (κ1) is 15.5. The third kappa shape index (κ3) is 4.29. The smallest absolute Gasteiger partial charge is 0.220 e. The lowest BCUT2D eigenvalue weighted by Crippen LogP contribution is -2.31. The number of aromatic nitrogens is 2. The second-order valence-electron chi connectivity index (χ2n) is 5.35. The standard InChI is InChI=1S/C18H19N3OS/c22-18(8-7-15-5-2-1-3-6-15)19-13-17(16-9-12-23-14-16)21-11-4-10-20-21/h1-6,9-12,14,17H,7-8,13H2,(H,19,22)/t17-/m1/s1. The van der Waals surface area contributed by atoms with E-state index >= 15 is 0 Å². The summed E-state index contributed by atoms with van der Waals surface area (Å²) in [6.07, 6.45) is 4.95. The van der Waals surface area contributed by atoms with Gasteiger partial charge in [-0.05, 0) is 40.4 Å². The predicted octanol–water partition coefficient (Wildman–Crippen LogP) is 3.28. The fourth-order valence-electron chi connectivity index (χ4n) is 2.50. The molecule has 0 aliphatic carbocycles. The molecule has 23 heavy (non-hydrogen) atoms. The van der Waals surface area contributed by atoms with Crippen LogP contribution in [0.3, 0.4) is 0 Å². The molecule has 3 rings (SSSR count). The van der Waals surface area contributed by atoms with E-state index in [1.165, 1.54) is 11.1 Å². The SMILES string of the molecule is O=C(CCc1ccccc1)NC[C@H](c1ccsc1)n1cccn1. The fraction of sp³-hybridized carbons (Fsp3) is 0.222. The molecule has 0 aliphatic heterocycles. The summed E-state index contributed by atoms with van der Waals surface area (Å²) in [4.78, 5) is 12.1. The number of rotatable bonds is 7. The van der Waals surface area contributed by atoms with E-state index in [4.69, 9.17) is 0 Å². The van der Waals surface area contributed by atoms with Crippen molar-refractivity contribution in [2.24, 2.45) is 0 Å². The van der Waals surface area contributed by atoms with Gasteiger partial charge < -0.3 is 5.32 Å². The Hall–Kier alpha value is -2.40. The van der Waals surface area contributed by atoms with Crippen molar-refractivity contribution in [3.8, 4) is 0 Å². The molecule has 0 fully saturated rings. The van der Waals surface area contributed by atoms with E-state index in [9.17, 15) is 4.79 Å². The van der Waals surface area contributed by atoms with Gasteiger partial charge in [0.2, 0.25) is 5.91 Å². The quantitative estimate of drug-likeness (QED) is 0.724. The number of thiophene rings is 1. The summed E-state index contributed by atoms with van der Waals surface area (Å²) in [7, 11) is 0. The zero-order chi connectivity index (χ0) is 15.9. The van der Waals surface area contributed by atoms with Crippen molar-refractivity contribution in [2.45, 2.75) is 18.9 Å². The molecular formula is C18H19N3OS. The summed E-state index contributed by atoms with van der Waals surface area (Å²) in [6.45, 7) is 0.548. The summed E-state index contributed by atoms with van der Waals surface area (Å²) in [5.74, 6) is 0.0706. The van der Waals surface area contributed by atoms with Gasteiger partial charge in [-0.3, -0.25) is 9.48 Å². The maximum absolute atomic E-state index is 12.1. The minimum Gasteiger partial charge on any atom is -0.354 e. The van der Waals surface area contributed by atoms with Crippen molar-refractivity contribution in [3.63, 3.8) is 0 Å². The van der Waals surface area contributed by atoms with E-state index in [1.54, 1.807) is 17.5 Å². The maximum Gasteiger partial charge on any atom is 0.220 e. The number of amides is 1. The normalized spacial score (nSPS) is 12.0. The van der Waals surface area contributed by atoms with E-state index in [2.05, 4.69) is 21.9 Å². The Kier molecular flexibility index (Phi) is 5.21. The van der Waals surface area contributed by atoms with Crippen LogP contribution in [0.4, 0.5) is 0 Å². The van der Waals surface area contributed by atoms with E-state index in [-0.39, 0.29) is 11.9 Å². The molecule has 0 bridgehead atoms. The Morgan fingerprint density at radius 1 is 1.22 bits per heavy atom. The summed E-state index contributed by atoms with van der Waals surface area (Å²) >= 11 is 1.65. The molecule has 0 saturated heterocycles. The largest absolute Gasteiger partial charge is 0.354 e. The van der Waals surface area contributed by atoms with Gasteiger partial charge in [0.25, 0.3) is 0 Å². The Morgan fingerprint density at radius 3 is 2.78 bits per heavy atom. The van der Waals surface area contributed by atoms with Gasteiger partial charge in [0.15, 0.2) is 0 Å². The molecule has 1 atom stereocenters. The minimum atomic E-state index is 0.0388. The van der Waals surface area contributed by atoms with E-state index < -0.39 is 0 Å². The van der Waals surface area contributed by atoms with Gasteiger partial charge in [0, 0.05) is 25.4 Å². The zero-order valence-electron chi connectivity index (χ0n) is 12.8. The molecule has 0 unspecified atom stereocenters. The fourth-order valence-corrected chi connectivity index (χ4v) is 3.20. The molecule has 1 N–H and O–H groups in total. The number of benzene rings is 1. The van der Waals surface area contributed by atoms with Gasteiger partial charge >= 0.3 is 0 Å². The van der Waals surface area contributed by atoms with Crippen LogP contribution in [-0.2, 0) is 11.2 Å². The topological polar surface area (TPSA) is 46.9 Å². The second-order valence-corrected chi connectivity index (χ2v) is 6.13. The molecular weight excluding hydrogens is 306 g/mol. The van der Waals surface area contributed by atoms with Gasteiger partial charge in [-0.15, -0.1) is 0 Å². The Labute approximate surface area is 139 Å². The number of nitrogens with zero attached hydrogens (tertiary/aromatic N) is 2. The summed E-state index contributed by atoms with van der Waals surface area (Å²) < 4.78 is 1.89. The number of carbonyl (C=O) groups excluding carboxylic acids is 1. The van der Waals surface area contributed by atoms with Crippen LogP contribution in [0.15, 0.2) is 65.6 Å². The molecule has 1 aromatic carbocycles. The highest BCUT2D eigenvalue weighted by atomic mass is 32.1. The second kappa shape index (κ2) is 7.74. The summed E-state index contributed by atoms with van der Waals surface area (Å²) in [5, 5.41) is 11.5. The van der Waals surface area contributed by atoms with Crippen molar-refractivity contribution in [1.82, 2.24) is 15.1 Å². The maximum atomic E-state index is 12.1. The first-order chi connectivity index (χ1) is 11.3.